The zero-order valence-electron chi connectivity index (χ0n) is 17.0. The molecule has 1 fully saturated rings. The summed E-state index contributed by atoms with van der Waals surface area (Å²) in [5.41, 5.74) is 2.45. The fraction of sp³-hybridized carbons (Fsp3) is 0.318. The summed E-state index contributed by atoms with van der Waals surface area (Å²) >= 11 is 0. The number of oxime groups is 1. The molecule has 2 aromatic carbocycles. The largest absolute Gasteiger partial charge is 0.453 e. The molecule has 2 heterocycles. The van der Waals surface area contributed by atoms with Gasteiger partial charge in [-0.15, -0.1) is 0 Å². The van der Waals surface area contributed by atoms with Crippen molar-refractivity contribution in [3.63, 3.8) is 0 Å². The van der Waals surface area contributed by atoms with Gasteiger partial charge in [0.2, 0.25) is 6.79 Å². The number of amides is 1. The minimum Gasteiger partial charge on any atom is -0.453 e. The summed E-state index contributed by atoms with van der Waals surface area (Å²) in [7, 11) is 1.39. The summed E-state index contributed by atoms with van der Waals surface area (Å²) in [6.45, 7) is 1.41. The lowest BCUT2D eigenvalue weighted by Gasteiger charge is -2.23. The lowest BCUT2D eigenvalue weighted by atomic mass is 9.94. The number of fused-ring (bicyclic) bond motifs is 1. The van der Waals surface area contributed by atoms with Crippen LogP contribution in [0.4, 0.5) is 4.39 Å². The maximum Gasteiger partial charge on any atom is 0.261 e. The lowest BCUT2D eigenvalue weighted by Crippen LogP contribution is -2.38. The van der Waals surface area contributed by atoms with Gasteiger partial charge in [0.05, 0.1) is 36.5 Å². The highest BCUT2D eigenvalue weighted by Gasteiger charge is 2.38. The summed E-state index contributed by atoms with van der Waals surface area (Å²) in [5, 5.41) is 22.9. The Bertz CT molecular complexity index is 1130. The van der Waals surface area contributed by atoms with Gasteiger partial charge in [-0.05, 0) is 30.2 Å². The molecule has 0 bridgehead atoms. The van der Waals surface area contributed by atoms with E-state index in [9.17, 15) is 15.2 Å². The van der Waals surface area contributed by atoms with Crippen molar-refractivity contribution in [2.75, 3.05) is 27.1 Å². The van der Waals surface area contributed by atoms with E-state index in [2.05, 4.69) is 11.2 Å². The topological polar surface area (TPSA) is 104 Å². The molecule has 4 rings (SSSR count). The molecule has 2 aliphatic rings. The summed E-state index contributed by atoms with van der Waals surface area (Å²) in [5.74, 6) is -1.16. The number of nitriles is 1. The third kappa shape index (κ3) is 3.45. The van der Waals surface area contributed by atoms with E-state index in [0.29, 0.717) is 34.4 Å². The summed E-state index contributed by atoms with van der Waals surface area (Å²) in [6, 6.07) is 7.91. The zero-order valence-corrected chi connectivity index (χ0v) is 17.0. The Morgan fingerprint density at radius 2 is 2.16 bits per heavy atom. The predicted molar refractivity (Wildman–Crippen MR) is 108 cm³/mol. The molecule has 1 atom stereocenters. The molecule has 0 saturated carbocycles. The second kappa shape index (κ2) is 8.24. The first kappa shape index (κ1) is 20.6. The highest BCUT2D eigenvalue weighted by atomic mass is 19.1. The van der Waals surface area contributed by atoms with E-state index in [0.717, 1.165) is 0 Å². The van der Waals surface area contributed by atoms with Gasteiger partial charge in [-0.2, -0.15) is 5.26 Å². The van der Waals surface area contributed by atoms with E-state index in [1.165, 1.54) is 18.1 Å². The van der Waals surface area contributed by atoms with Crippen LogP contribution in [0, 0.1) is 24.1 Å². The quantitative estimate of drug-likeness (QED) is 0.755. The van der Waals surface area contributed by atoms with E-state index in [1.807, 2.05) is 0 Å². The van der Waals surface area contributed by atoms with Crippen LogP contribution in [-0.2, 0) is 4.84 Å². The van der Waals surface area contributed by atoms with E-state index >= 15 is 4.39 Å². The Balaban J connectivity index is 1.80. The van der Waals surface area contributed by atoms with Crippen molar-refractivity contribution in [3.05, 3.63) is 46.8 Å². The number of hydrogen-bond acceptors (Lipinski definition) is 7. The molecule has 0 radical (unpaired) electrons. The number of carbonyl (C=O) groups is 1. The van der Waals surface area contributed by atoms with Gasteiger partial charge in [-0.1, -0.05) is 17.3 Å². The van der Waals surface area contributed by atoms with Crippen LogP contribution in [0.5, 0.6) is 11.5 Å². The van der Waals surface area contributed by atoms with Crippen LogP contribution in [0.2, 0.25) is 0 Å². The van der Waals surface area contributed by atoms with Gasteiger partial charge >= 0.3 is 0 Å². The maximum atomic E-state index is 15.3. The maximum absolute atomic E-state index is 15.3. The molecule has 9 heteroatoms. The van der Waals surface area contributed by atoms with Crippen LogP contribution >= 0.6 is 0 Å². The van der Waals surface area contributed by atoms with Gasteiger partial charge in [0.15, 0.2) is 11.5 Å². The van der Waals surface area contributed by atoms with Gasteiger partial charge in [0, 0.05) is 12.0 Å². The molecule has 0 spiro atoms. The first-order chi connectivity index (χ1) is 15.0. The molecule has 1 N–H and O–H groups in total. The molecule has 0 unspecified atom stereocenters. The third-order valence-electron chi connectivity index (χ3n) is 5.51. The van der Waals surface area contributed by atoms with Crippen LogP contribution in [0.1, 0.15) is 27.9 Å². The number of aliphatic hydroxyl groups is 1. The number of nitrogens with zero attached hydrogens (tertiary/aromatic N) is 3. The van der Waals surface area contributed by atoms with Crippen LogP contribution in [0.3, 0.4) is 0 Å². The number of rotatable bonds is 4. The molecule has 8 nitrogen and oxygen atoms in total. The first-order valence-corrected chi connectivity index (χ1v) is 9.63. The second-order valence-electron chi connectivity index (χ2n) is 7.25. The lowest BCUT2D eigenvalue weighted by molar-refractivity contribution is 0.0670. The van der Waals surface area contributed by atoms with E-state index in [-0.39, 0.29) is 37.0 Å². The monoisotopic (exact) mass is 425 g/mol. The number of aliphatic hydroxyl groups excluding tert-OH is 1. The van der Waals surface area contributed by atoms with Crippen LogP contribution in [0.15, 0.2) is 29.4 Å². The Hall–Kier alpha value is -3.64. The SMILES string of the molecule is CO/N=C1/C[C@@H](CO)N(C(=O)c2c(F)cc(-c3cccc(C#N)c3C)c3c2OCO3)C1. The van der Waals surface area contributed by atoms with Gasteiger partial charge in [-0.25, -0.2) is 4.39 Å². The second-order valence-corrected chi connectivity index (χ2v) is 7.25. The van der Waals surface area contributed by atoms with Crippen molar-refractivity contribution in [2.24, 2.45) is 5.16 Å². The van der Waals surface area contributed by atoms with Crippen molar-refractivity contribution in [1.82, 2.24) is 4.90 Å². The fourth-order valence-corrected chi connectivity index (χ4v) is 4.00. The molecule has 1 saturated heterocycles. The molecular weight excluding hydrogens is 405 g/mol. The van der Waals surface area contributed by atoms with Crippen molar-refractivity contribution >= 4 is 11.6 Å². The fourth-order valence-electron chi connectivity index (χ4n) is 4.00. The molecular formula is C22H20FN3O5. The van der Waals surface area contributed by atoms with Crippen molar-refractivity contribution in [3.8, 4) is 28.7 Å². The Kier molecular flexibility index (Phi) is 5.48. The number of likely N-dealkylation sites (tertiary alicyclic amines) is 1. The van der Waals surface area contributed by atoms with Gasteiger partial charge in [0.25, 0.3) is 5.91 Å². The van der Waals surface area contributed by atoms with E-state index < -0.39 is 17.8 Å². The molecule has 2 aromatic rings. The Morgan fingerprint density at radius 3 is 2.87 bits per heavy atom. The number of halogens is 1. The van der Waals surface area contributed by atoms with E-state index in [1.54, 1.807) is 25.1 Å². The molecule has 0 aliphatic carbocycles. The highest BCUT2D eigenvalue weighted by Crippen LogP contribution is 2.46. The summed E-state index contributed by atoms with van der Waals surface area (Å²) in [6.07, 6.45) is 0.329. The highest BCUT2D eigenvalue weighted by molar-refractivity contribution is 6.04. The average Bonchev–Trinajstić information content (AvgIpc) is 3.40. The van der Waals surface area contributed by atoms with Gasteiger partial charge < -0.3 is 24.3 Å². The number of ether oxygens (including phenoxy) is 2. The van der Waals surface area contributed by atoms with Crippen LogP contribution < -0.4 is 9.47 Å². The number of hydrogen-bond donors (Lipinski definition) is 1. The first-order valence-electron chi connectivity index (χ1n) is 9.63. The van der Waals surface area contributed by atoms with E-state index in [4.69, 9.17) is 14.3 Å². The molecule has 1 amide bonds. The zero-order chi connectivity index (χ0) is 22.1. The van der Waals surface area contributed by atoms with Crippen molar-refractivity contribution in [2.45, 2.75) is 19.4 Å². The Labute approximate surface area is 178 Å². The van der Waals surface area contributed by atoms with Crippen molar-refractivity contribution in [1.29, 1.82) is 5.26 Å². The normalized spacial score (nSPS) is 18.4. The smallest absolute Gasteiger partial charge is 0.261 e. The minimum absolute atomic E-state index is 0.00980. The van der Waals surface area contributed by atoms with Crippen molar-refractivity contribution < 1.29 is 28.6 Å². The summed E-state index contributed by atoms with van der Waals surface area (Å²) < 4.78 is 26.4. The third-order valence-corrected chi connectivity index (χ3v) is 5.51. The Morgan fingerprint density at radius 1 is 1.39 bits per heavy atom. The molecule has 2 aliphatic heterocycles. The van der Waals surface area contributed by atoms with Gasteiger partial charge in [-0.3, -0.25) is 4.79 Å². The number of carbonyl (C=O) groups excluding carboxylic acids is 1. The average molecular weight is 425 g/mol. The standard InChI is InChI=1S/C22H20FN3O5/c1-12-13(8-24)4-3-5-16(12)17-7-18(23)19(21-20(17)30-11-31-21)22(28)26-9-14(25-29-2)6-15(26)10-27/h3-5,7,15,27H,6,9-11H2,1-2H3/b25-14-/t15-/m0/s1. The predicted octanol–water partition coefficient (Wildman–Crippen LogP) is 2.61. The summed E-state index contributed by atoms with van der Waals surface area (Å²) in [4.78, 5) is 19.4. The molecule has 0 aromatic heterocycles. The minimum atomic E-state index is -0.778. The van der Waals surface area contributed by atoms with Gasteiger partial charge in [0.1, 0.15) is 18.5 Å². The molecule has 160 valence electrons. The van der Waals surface area contributed by atoms with Crippen LogP contribution in [0.25, 0.3) is 11.1 Å². The van der Waals surface area contributed by atoms with Crippen LogP contribution in [-0.4, -0.2) is 54.7 Å². The number of benzene rings is 2. The molecule has 31 heavy (non-hydrogen) atoms.